The van der Waals surface area contributed by atoms with Gasteiger partial charge in [-0.15, -0.1) is 5.10 Å². The van der Waals surface area contributed by atoms with Crippen LogP contribution in [0, 0.1) is 0 Å². The lowest BCUT2D eigenvalue weighted by atomic mass is 10.1. The second kappa shape index (κ2) is 6.10. The monoisotopic (exact) mass is 353 g/mol. The van der Waals surface area contributed by atoms with Gasteiger partial charge in [-0.3, -0.25) is 9.78 Å². The summed E-state index contributed by atoms with van der Waals surface area (Å²) >= 11 is 0. The molecule has 0 amide bonds. The van der Waals surface area contributed by atoms with Gasteiger partial charge in [0.25, 0.3) is 11.6 Å². The van der Waals surface area contributed by atoms with Crippen molar-refractivity contribution < 1.29 is 9.15 Å². The molecule has 0 unspecified atom stereocenters. The van der Waals surface area contributed by atoms with Gasteiger partial charge in [0, 0.05) is 13.1 Å². The third-order valence-corrected chi connectivity index (χ3v) is 4.11. The molecule has 4 aromatic rings. The largest absolute Gasteiger partial charge is 0.460 e. The lowest BCUT2D eigenvalue weighted by Crippen LogP contribution is -2.15. The second-order valence-electron chi connectivity index (χ2n) is 5.82. The molecule has 3 heterocycles. The molecule has 26 heavy (non-hydrogen) atoms. The van der Waals surface area contributed by atoms with E-state index in [-0.39, 0.29) is 23.7 Å². The van der Waals surface area contributed by atoms with Crippen LogP contribution in [0.2, 0.25) is 0 Å². The molecule has 9 heteroatoms. The summed E-state index contributed by atoms with van der Waals surface area (Å²) in [5, 5.41) is 8.27. The minimum atomic E-state index is -0.550. The summed E-state index contributed by atoms with van der Waals surface area (Å²) in [5.41, 5.74) is 2.08. The number of hydrogen-bond acceptors (Lipinski definition) is 7. The first kappa shape index (κ1) is 16.0. The fourth-order valence-electron chi connectivity index (χ4n) is 2.80. The van der Waals surface area contributed by atoms with Crippen molar-refractivity contribution in [3.8, 4) is 6.01 Å². The molecule has 9 nitrogen and oxygen atoms in total. The van der Waals surface area contributed by atoms with Crippen molar-refractivity contribution >= 4 is 22.1 Å². The SMILES string of the molecule is CCc1cc(=O)oc2nc(OCc3ccc4c(c3)nnn4C)[nH]c(=O)c12. The zero-order valence-corrected chi connectivity index (χ0v) is 14.1. The highest BCUT2D eigenvalue weighted by molar-refractivity contribution is 5.76. The van der Waals surface area contributed by atoms with Crippen LogP contribution in [-0.4, -0.2) is 25.0 Å². The van der Waals surface area contributed by atoms with Crippen LogP contribution in [0.3, 0.4) is 0 Å². The van der Waals surface area contributed by atoms with E-state index in [0.717, 1.165) is 16.6 Å². The molecule has 1 aromatic carbocycles. The summed E-state index contributed by atoms with van der Waals surface area (Å²) in [6.07, 6.45) is 0.519. The molecule has 0 radical (unpaired) electrons. The van der Waals surface area contributed by atoms with Crippen molar-refractivity contribution in [2.45, 2.75) is 20.0 Å². The fraction of sp³-hybridized carbons (Fsp3) is 0.235. The van der Waals surface area contributed by atoms with E-state index in [9.17, 15) is 9.59 Å². The topological polar surface area (TPSA) is 116 Å². The Bertz CT molecular complexity index is 1240. The van der Waals surface area contributed by atoms with Crippen LogP contribution >= 0.6 is 0 Å². The Morgan fingerprint density at radius 1 is 1.27 bits per heavy atom. The maximum Gasteiger partial charge on any atom is 0.337 e. The van der Waals surface area contributed by atoms with Gasteiger partial charge in [0.05, 0.1) is 5.52 Å². The highest BCUT2D eigenvalue weighted by Gasteiger charge is 2.12. The molecule has 0 spiro atoms. The molecular weight excluding hydrogens is 338 g/mol. The maximum atomic E-state index is 12.3. The number of aryl methyl sites for hydroxylation is 2. The first-order chi connectivity index (χ1) is 12.5. The number of aromatic amines is 1. The third-order valence-electron chi connectivity index (χ3n) is 4.11. The number of nitrogens with zero attached hydrogens (tertiary/aromatic N) is 4. The molecule has 1 N–H and O–H groups in total. The average Bonchev–Trinajstić information content (AvgIpc) is 2.99. The number of nitrogens with one attached hydrogen (secondary N) is 1. The predicted octanol–water partition coefficient (Wildman–Crippen LogP) is 1.30. The highest BCUT2D eigenvalue weighted by atomic mass is 16.5. The van der Waals surface area contributed by atoms with Crippen LogP contribution in [0.25, 0.3) is 22.1 Å². The van der Waals surface area contributed by atoms with Crippen LogP contribution in [0.1, 0.15) is 18.1 Å². The van der Waals surface area contributed by atoms with Gasteiger partial charge in [0.2, 0.25) is 5.71 Å². The molecule has 0 aliphatic rings. The van der Waals surface area contributed by atoms with Crippen LogP contribution in [-0.2, 0) is 20.1 Å². The number of ether oxygens (including phenoxy) is 1. The molecular formula is C17H15N5O4. The fourth-order valence-corrected chi connectivity index (χ4v) is 2.80. The molecule has 0 saturated carbocycles. The van der Waals surface area contributed by atoms with E-state index in [1.54, 1.807) is 4.68 Å². The summed E-state index contributed by atoms with van der Waals surface area (Å²) in [6, 6.07) is 6.89. The smallest absolute Gasteiger partial charge is 0.337 e. The summed E-state index contributed by atoms with van der Waals surface area (Å²) in [4.78, 5) is 30.6. The van der Waals surface area contributed by atoms with Gasteiger partial charge in [0.1, 0.15) is 17.5 Å². The average molecular weight is 353 g/mol. The molecule has 0 saturated heterocycles. The highest BCUT2D eigenvalue weighted by Crippen LogP contribution is 2.16. The van der Waals surface area contributed by atoms with Gasteiger partial charge >= 0.3 is 5.63 Å². The molecule has 0 fully saturated rings. The first-order valence-corrected chi connectivity index (χ1v) is 8.03. The van der Waals surface area contributed by atoms with E-state index in [1.807, 2.05) is 32.2 Å². The summed E-state index contributed by atoms with van der Waals surface area (Å²) < 4.78 is 12.3. The standard InChI is InChI=1S/C17H15N5O4/c1-3-10-7-13(23)26-16-14(10)15(24)18-17(19-16)25-8-9-4-5-12-11(6-9)20-21-22(12)2/h4-7H,3,8H2,1-2H3,(H,18,19,24). The Morgan fingerprint density at radius 2 is 2.12 bits per heavy atom. The predicted molar refractivity (Wildman–Crippen MR) is 93.1 cm³/mol. The quantitative estimate of drug-likeness (QED) is 0.588. The number of aromatic nitrogens is 5. The number of hydrogen-bond donors (Lipinski definition) is 1. The van der Waals surface area contributed by atoms with Gasteiger partial charge in [-0.1, -0.05) is 18.2 Å². The van der Waals surface area contributed by atoms with Gasteiger partial charge in [0.15, 0.2) is 0 Å². The Labute approximate surface area is 146 Å². The van der Waals surface area contributed by atoms with Crippen LogP contribution < -0.4 is 15.9 Å². The Kier molecular flexibility index (Phi) is 3.76. The van der Waals surface area contributed by atoms with E-state index in [2.05, 4.69) is 20.3 Å². The van der Waals surface area contributed by atoms with E-state index in [0.29, 0.717) is 12.0 Å². The number of H-pyrrole nitrogens is 1. The number of fused-ring (bicyclic) bond motifs is 2. The van der Waals surface area contributed by atoms with Gasteiger partial charge < -0.3 is 9.15 Å². The van der Waals surface area contributed by atoms with Crippen molar-refractivity contribution in [1.82, 2.24) is 25.0 Å². The number of benzene rings is 1. The molecule has 0 aliphatic heterocycles. The summed E-state index contributed by atoms with van der Waals surface area (Å²) in [6.45, 7) is 2.01. The lowest BCUT2D eigenvalue weighted by molar-refractivity contribution is 0.279. The van der Waals surface area contributed by atoms with Crippen molar-refractivity contribution in [2.75, 3.05) is 0 Å². The maximum absolute atomic E-state index is 12.3. The van der Waals surface area contributed by atoms with E-state index in [1.165, 1.54) is 6.07 Å². The van der Waals surface area contributed by atoms with Gasteiger partial charge in [-0.2, -0.15) is 4.98 Å². The molecule has 132 valence electrons. The minimum absolute atomic E-state index is 0.0156. The van der Waals surface area contributed by atoms with Crippen LogP contribution in [0.5, 0.6) is 6.01 Å². The Hall–Kier alpha value is -3.49. The van der Waals surface area contributed by atoms with Gasteiger partial charge in [-0.05, 0) is 29.7 Å². The second-order valence-corrected chi connectivity index (χ2v) is 5.82. The summed E-state index contributed by atoms with van der Waals surface area (Å²) in [7, 11) is 1.81. The minimum Gasteiger partial charge on any atom is -0.460 e. The molecule has 0 atom stereocenters. The zero-order valence-electron chi connectivity index (χ0n) is 14.1. The molecule has 3 aromatic heterocycles. The zero-order chi connectivity index (χ0) is 18.3. The van der Waals surface area contributed by atoms with Crippen molar-refractivity contribution in [3.05, 3.63) is 56.2 Å². The van der Waals surface area contributed by atoms with Crippen molar-refractivity contribution in [2.24, 2.45) is 7.05 Å². The van der Waals surface area contributed by atoms with E-state index in [4.69, 9.17) is 9.15 Å². The first-order valence-electron chi connectivity index (χ1n) is 8.03. The van der Waals surface area contributed by atoms with Crippen molar-refractivity contribution in [1.29, 1.82) is 0 Å². The Balaban J connectivity index is 1.66. The lowest BCUT2D eigenvalue weighted by Gasteiger charge is -2.07. The molecule has 0 aliphatic carbocycles. The number of rotatable bonds is 4. The van der Waals surface area contributed by atoms with Crippen LogP contribution in [0.15, 0.2) is 38.3 Å². The van der Waals surface area contributed by atoms with Crippen LogP contribution in [0.4, 0.5) is 0 Å². The van der Waals surface area contributed by atoms with Crippen molar-refractivity contribution in [3.63, 3.8) is 0 Å². The normalized spacial score (nSPS) is 11.3. The molecule has 0 bridgehead atoms. The van der Waals surface area contributed by atoms with E-state index < -0.39 is 11.2 Å². The third kappa shape index (κ3) is 2.73. The van der Waals surface area contributed by atoms with E-state index >= 15 is 0 Å². The summed E-state index contributed by atoms with van der Waals surface area (Å²) in [5.74, 6) is 0. The molecule has 4 rings (SSSR count). The van der Waals surface area contributed by atoms with Gasteiger partial charge in [-0.25, -0.2) is 9.48 Å². The Morgan fingerprint density at radius 3 is 2.92 bits per heavy atom.